The summed E-state index contributed by atoms with van der Waals surface area (Å²) in [6, 6.07) is 22.8. The number of nitrogens with one attached hydrogen (secondary N) is 1. The molecule has 0 aromatic heterocycles. The zero-order valence-electron chi connectivity index (χ0n) is 21.0. The molecule has 1 aliphatic carbocycles. The van der Waals surface area contributed by atoms with Crippen LogP contribution in [0.3, 0.4) is 0 Å². The van der Waals surface area contributed by atoms with Gasteiger partial charge in [0.2, 0.25) is 11.8 Å². The molecule has 1 N–H and O–H groups in total. The average Bonchev–Trinajstić information content (AvgIpc) is 3.41. The molecule has 37 heavy (non-hydrogen) atoms. The van der Waals surface area contributed by atoms with Gasteiger partial charge in [0.15, 0.2) is 0 Å². The fourth-order valence-corrected chi connectivity index (χ4v) is 5.72. The van der Waals surface area contributed by atoms with Crippen LogP contribution in [0.5, 0.6) is 0 Å². The highest BCUT2D eigenvalue weighted by molar-refractivity contribution is 8.00. The Morgan fingerprint density at radius 3 is 2.32 bits per heavy atom. The van der Waals surface area contributed by atoms with Crippen LogP contribution in [0.1, 0.15) is 42.4 Å². The molecule has 1 aliphatic rings. The maximum atomic E-state index is 13.8. The number of benzene rings is 3. The molecule has 1 unspecified atom stereocenters. The fourth-order valence-electron chi connectivity index (χ4n) is 4.62. The van der Waals surface area contributed by atoms with Crippen LogP contribution in [0.25, 0.3) is 0 Å². The van der Waals surface area contributed by atoms with Crippen molar-refractivity contribution < 1.29 is 9.59 Å². The van der Waals surface area contributed by atoms with Crippen LogP contribution in [-0.2, 0) is 22.6 Å². The standard InChI is InChI=1S/C30H32Cl2N2O2S/c1-21-11-14-25(15-12-21)37-20-29(35)34(19-23-13-16-26(31)27(32)17-23)28(18-22-7-3-2-4-8-22)30(36)33-24-9-5-6-10-24/h2-4,7-8,11-17,24,28H,5-6,9-10,18-20H2,1H3,(H,33,36). The summed E-state index contributed by atoms with van der Waals surface area (Å²) in [6.45, 7) is 2.30. The first-order valence-electron chi connectivity index (χ1n) is 12.7. The highest BCUT2D eigenvalue weighted by Crippen LogP contribution is 2.26. The lowest BCUT2D eigenvalue weighted by Gasteiger charge is -2.32. The van der Waals surface area contributed by atoms with E-state index >= 15 is 0 Å². The molecule has 2 amide bonds. The second kappa shape index (κ2) is 13.4. The molecule has 1 atom stereocenters. The first kappa shape index (κ1) is 27.6. The van der Waals surface area contributed by atoms with Gasteiger partial charge in [-0.15, -0.1) is 11.8 Å². The summed E-state index contributed by atoms with van der Waals surface area (Å²) in [5, 5.41) is 4.12. The van der Waals surface area contributed by atoms with Crippen LogP contribution < -0.4 is 5.32 Å². The molecule has 1 saturated carbocycles. The maximum Gasteiger partial charge on any atom is 0.243 e. The van der Waals surface area contributed by atoms with Gasteiger partial charge in [-0.2, -0.15) is 0 Å². The number of hydrogen-bond acceptors (Lipinski definition) is 3. The van der Waals surface area contributed by atoms with Crippen molar-refractivity contribution in [3.8, 4) is 0 Å². The summed E-state index contributed by atoms with van der Waals surface area (Å²) in [7, 11) is 0. The Labute approximate surface area is 233 Å². The highest BCUT2D eigenvalue weighted by atomic mass is 35.5. The number of amides is 2. The second-order valence-electron chi connectivity index (χ2n) is 9.57. The number of halogens is 2. The van der Waals surface area contributed by atoms with Gasteiger partial charge in [0.05, 0.1) is 15.8 Å². The molecule has 0 heterocycles. The third kappa shape index (κ3) is 8.00. The van der Waals surface area contributed by atoms with Gasteiger partial charge in [0.25, 0.3) is 0 Å². The summed E-state index contributed by atoms with van der Waals surface area (Å²) >= 11 is 13.9. The van der Waals surface area contributed by atoms with E-state index in [1.807, 2.05) is 67.6 Å². The first-order chi connectivity index (χ1) is 17.9. The molecular formula is C30H32Cl2N2O2S. The Kier molecular flexibility index (Phi) is 9.95. The molecular weight excluding hydrogens is 523 g/mol. The van der Waals surface area contributed by atoms with Gasteiger partial charge in [-0.1, -0.05) is 90.1 Å². The van der Waals surface area contributed by atoms with E-state index in [2.05, 4.69) is 5.32 Å². The van der Waals surface area contributed by atoms with Crippen molar-refractivity contribution in [2.24, 2.45) is 0 Å². The summed E-state index contributed by atoms with van der Waals surface area (Å²) in [5.74, 6) is 0.0236. The average molecular weight is 556 g/mol. The minimum Gasteiger partial charge on any atom is -0.352 e. The number of hydrogen-bond donors (Lipinski definition) is 1. The second-order valence-corrected chi connectivity index (χ2v) is 11.4. The van der Waals surface area contributed by atoms with Crippen LogP contribution in [-0.4, -0.2) is 34.6 Å². The lowest BCUT2D eigenvalue weighted by Crippen LogP contribution is -2.52. The molecule has 0 radical (unpaired) electrons. The topological polar surface area (TPSA) is 49.4 Å². The number of carbonyl (C=O) groups excluding carboxylic acids is 2. The first-order valence-corrected chi connectivity index (χ1v) is 14.4. The van der Waals surface area contributed by atoms with Crippen LogP contribution in [0.2, 0.25) is 10.0 Å². The number of aryl methyl sites for hydroxylation is 1. The van der Waals surface area contributed by atoms with Crippen LogP contribution in [0.4, 0.5) is 0 Å². The Bertz CT molecular complexity index is 1200. The zero-order chi connectivity index (χ0) is 26.2. The molecule has 0 spiro atoms. The van der Waals surface area contributed by atoms with Gasteiger partial charge in [-0.25, -0.2) is 0 Å². The summed E-state index contributed by atoms with van der Waals surface area (Å²) < 4.78 is 0. The minimum atomic E-state index is -0.649. The number of thioether (sulfide) groups is 1. The van der Waals surface area contributed by atoms with E-state index in [0.717, 1.165) is 41.7 Å². The fraction of sp³-hybridized carbons (Fsp3) is 0.333. The maximum absolute atomic E-state index is 13.8. The van der Waals surface area contributed by atoms with Gasteiger partial charge in [0, 0.05) is 23.9 Å². The number of nitrogens with zero attached hydrogens (tertiary/aromatic N) is 1. The molecule has 0 saturated heterocycles. The third-order valence-electron chi connectivity index (χ3n) is 6.69. The Balaban J connectivity index is 1.62. The third-order valence-corrected chi connectivity index (χ3v) is 8.43. The summed E-state index contributed by atoms with van der Waals surface area (Å²) in [6.07, 6.45) is 4.63. The van der Waals surface area contributed by atoms with Crippen LogP contribution in [0.15, 0.2) is 77.7 Å². The Morgan fingerprint density at radius 1 is 0.946 bits per heavy atom. The molecule has 1 fully saturated rings. The van der Waals surface area contributed by atoms with Gasteiger partial charge in [-0.3, -0.25) is 9.59 Å². The van der Waals surface area contributed by atoms with Crippen molar-refractivity contribution in [1.82, 2.24) is 10.2 Å². The number of carbonyl (C=O) groups is 2. The number of rotatable bonds is 10. The van der Waals surface area contributed by atoms with Crippen molar-refractivity contribution in [1.29, 1.82) is 0 Å². The van der Waals surface area contributed by atoms with E-state index in [-0.39, 0.29) is 30.2 Å². The lowest BCUT2D eigenvalue weighted by molar-refractivity contribution is -0.139. The van der Waals surface area contributed by atoms with E-state index in [1.165, 1.54) is 17.3 Å². The molecule has 194 valence electrons. The van der Waals surface area contributed by atoms with E-state index in [9.17, 15) is 9.59 Å². The van der Waals surface area contributed by atoms with E-state index < -0.39 is 6.04 Å². The predicted octanol–water partition coefficient (Wildman–Crippen LogP) is 7.09. The minimum absolute atomic E-state index is 0.0980. The van der Waals surface area contributed by atoms with Gasteiger partial charge >= 0.3 is 0 Å². The Hall–Kier alpha value is -2.47. The largest absolute Gasteiger partial charge is 0.352 e. The van der Waals surface area contributed by atoms with Crippen molar-refractivity contribution in [3.63, 3.8) is 0 Å². The molecule has 3 aromatic carbocycles. The molecule has 0 bridgehead atoms. The van der Waals surface area contributed by atoms with E-state index in [4.69, 9.17) is 23.2 Å². The van der Waals surface area contributed by atoms with Gasteiger partial charge in [0.1, 0.15) is 6.04 Å². The highest BCUT2D eigenvalue weighted by Gasteiger charge is 2.32. The zero-order valence-corrected chi connectivity index (χ0v) is 23.3. The normalized spacial score (nSPS) is 14.4. The quantitative estimate of drug-likeness (QED) is 0.272. The van der Waals surface area contributed by atoms with Gasteiger partial charge < -0.3 is 10.2 Å². The monoisotopic (exact) mass is 554 g/mol. The van der Waals surface area contributed by atoms with Gasteiger partial charge in [-0.05, 0) is 55.2 Å². The molecule has 0 aliphatic heterocycles. The van der Waals surface area contributed by atoms with E-state index in [1.54, 1.807) is 17.0 Å². The molecule has 4 nitrogen and oxygen atoms in total. The molecule has 4 rings (SSSR count). The smallest absolute Gasteiger partial charge is 0.243 e. The van der Waals surface area contributed by atoms with Crippen LogP contribution >= 0.6 is 35.0 Å². The SMILES string of the molecule is Cc1ccc(SCC(=O)N(Cc2ccc(Cl)c(Cl)c2)C(Cc2ccccc2)C(=O)NC2CCCC2)cc1. The summed E-state index contributed by atoms with van der Waals surface area (Å²) in [5.41, 5.74) is 3.01. The summed E-state index contributed by atoms with van der Waals surface area (Å²) in [4.78, 5) is 30.2. The van der Waals surface area contributed by atoms with E-state index in [0.29, 0.717) is 16.5 Å². The predicted molar refractivity (Wildman–Crippen MR) is 153 cm³/mol. The van der Waals surface area contributed by atoms with Crippen molar-refractivity contribution in [2.75, 3.05) is 5.75 Å². The molecule has 7 heteroatoms. The van der Waals surface area contributed by atoms with Crippen molar-refractivity contribution in [2.45, 2.75) is 62.6 Å². The Morgan fingerprint density at radius 2 is 1.65 bits per heavy atom. The van der Waals surface area contributed by atoms with Crippen LogP contribution in [0, 0.1) is 6.92 Å². The van der Waals surface area contributed by atoms with Crippen molar-refractivity contribution >= 4 is 46.8 Å². The van der Waals surface area contributed by atoms with Crippen molar-refractivity contribution in [3.05, 3.63) is 99.5 Å². The lowest BCUT2D eigenvalue weighted by atomic mass is 10.0. The molecule has 3 aromatic rings.